The normalized spacial score (nSPS) is 12.1. The molecule has 4 rings (SSSR count). The zero-order chi connectivity index (χ0) is 21.3. The summed E-state index contributed by atoms with van der Waals surface area (Å²) in [5.41, 5.74) is 5.08. The van der Waals surface area contributed by atoms with Crippen LogP contribution in [-0.2, 0) is 6.54 Å². The summed E-state index contributed by atoms with van der Waals surface area (Å²) in [5.74, 6) is -1.10. The number of aromatic carboxylic acids is 1. The highest BCUT2D eigenvalue weighted by Gasteiger charge is 2.18. The van der Waals surface area contributed by atoms with Crippen molar-refractivity contribution >= 4 is 33.4 Å². The number of hydrogen-bond donors (Lipinski definition) is 2. The minimum absolute atomic E-state index is 0.139. The quantitative estimate of drug-likeness (QED) is 0.449. The molecule has 0 radical (unpaired) electrons. The predicted molar refractivity (Wildman–Crippen MR) is 119 cm³/mol. The molecule has 1 atom stereocenters. The highest BCUT2D eigenvalue weighted by Crippen LogP contribution is 2.28. The fourth-order valence-electron chi connectivity index (χ4n) is 3.47. The first-order chi connectivity index (χ1) is 14.4. The third kappa shape index (κ3) is 4.00. The SMILES string of the molecule is Cc1ccc(Cn2ccc3scc(C(=O)NC(C)c4ccc(C(=O)O)cc4)c32)cc1. The maximum absolute atomic E-state index is 13.0. The van der Waals surface area contributed by atoms with Crippen LogP contribution in [0, 0.1) is 6.92 Å². The van der Waals surface area contributed by atoms with Crippen molar-refractivity contribution in [2.24, 2.45) is 0 Å². The molecular weight excluding hydrogens is 396 g/mol. The Labute approximate surface area is 178 Å². The van der Waals surface area contributed by atoms with Crippen LogP contribution >= 0.6 is 11.3 Å². The van der Waals surface area contributed by atoms with E-state index < -0.39 is 5.97 Å². The molecule has 0 bridgehead atoms. The number of rotatable bonds is 6. The Kier molecular flexibility index (Phi) is 5.42. The van der Waals surface area contributed by atoms with Gasteiger partial charge in [-0.15, -0.1) is 11.3 Å². The number of thiophene rings is 1. The minimum atomic E-state index is -0.965. The smallest absolute Gasteiger partial charge is 0.335 e. The standard InChI is InChI=1S/C24H22N2O3S/c1-15-3-5-17(6-4-15)13-26-12-11-21-22(26)20(14-30-21)23(27)25-16(2)18-7-9-19(10-8-18)24(28)29/h3-12,14,16H,13H2,1-2H3,(H,25,27)(H,28,29). The van der Waals surface area contributed by atoms with Gasteiger partial charge in [-0.3, -0.25) is 4.79 Å². The van der Waals surface area contributed by atoms with E-state index in [2.05, 4.69) is 41.1 Å². The number of nitrogens with one attached hydrogen (secondary N) is 1. The number of carbonyl (C=O) groups excluding carboxylic acids is 1. The lowest BCUT2D eigenvalue weighted by Crippen LogP contribution is -2.26. The van der Waals surface area contributed by atoms with Gasteiger partial charge in [0.1, 0.15) is 0 Å². The molecule has 2 aromatic carbocycles. The fraction of sp³-hybridized carbons (Fsp3) is 0.167. The van der Waals surface area contributed by atoms with Crippen LogP contribution in [0.25, 0.3) is 10.2 Å². The van der Waals surface area contributed by atoms with E-state index in [1.54, 1.807) is 35.6 Å². The van der Waals surface area contributed by atoms with E-state index in [-0.39, 0.29) is 17.5 Å². The molecule has 30 heavy (non-hydrogen) atoms. The van der Waals surface area contributed by atoms with E-state index in [9.17, 15) is 9.59 Å². The Balaban J connectivity index is 1.55. The number of amides is 1. The van der Waals surface area contributed by atoms with Gasteiger partial charge < -0.3 is 15.0 Å². The van der Waals surface area contributed by atoms with Crippen molar-refractivity contribution in [3.8, 4) is 0 Å². The Hall–Kier alpha value is -3.38. The number of aromatic nitrogens is 1. The number of carboxylic acid groups (broad SMARTS) is 1. The lowest BCUT2D eigenvalue weighted by molar-refractivity contribution is 0.0696. The van der Waals surface area contributed by atoms with Crippen molar-refractivity contribution in [1.29, 1.82) is 0 Å². The van der Waals surface area contributed by atoms with Gasteiger partial charge in [0.05, 0.1) is 27.4 Å². The van der Waals surface area contributed by atoms with Crippen LogP contribution in [0.1, 0.15) is 50.4 Å². The molecule has 2 aromatic heterocycles. The number of nitrogens with zero attached hydrogens (tertiary/aromatic N) is 1. The zero-order valence-corrected chi connectivity index (χ0v) is 17.6. The van der Waals surface area contributed by atoms with Gasteiger partial charge in [-0.05, 0) is 43.2 Å². The second kappa shape index (κ2) is 8.16. The first-order valence-electron chi connectivity index (χ1n) is 9.68. The molecule has 0 aliphatic heterocycles. The van der Waals surface area contributed by atoms with Crippen LogP contribution in [-0.4, -0.2) is 21.6 Å². The van der Waals surface area contributed by atoms with Gasteiger partial charge in [-0.1, -0.05) is 42.0 Å². The molecule has 0 aliphatic rings. The third-order valence-corrected chi connectivity index (χ3v) is 6.15. The summed E-state index contributed by atoms with van der Waals surface area (Å²) in [6, 6.07) is 16.8. The molecule has 0 fully saturated rings. The molecular formula is C24H22N2O3S. The largest absolute Gasteiger partial charge is 0.478 e. The van der Waals surface area contributed by atoms with Crippen LogP contribution in [0.4, 0.5) is 0 Å². The topological polar surface area (TPSA) is 71.3 Å². The predicted octanol–water partition coefficient (Wildman–Crippen LogP) is 5.25. The molecule has 6 heteroatoms. The van der Waals surface area contributed by atoms with Crippen molar-refractivity contribution < 1.29 is 14.7 Å². The van der Waals surface area contributed by atoms with Gasteiger partial charge in [0.2, 0.25) is 0 Å². The van der Waals surface area contributed by atoms with Gasteiger partial charge in [-0.25, -0.2) is 4.79 Å². The first kappa shape index (κ1) is 19.9. The van der Waals surface area contributed by atoms with Crippen LogP contribution in [0.15, 0.2) is 66.2 Å². The second-order valence-electron chi connectivity index (χ2n) is 7.41. The van der Waals surface area contributed by atoms with Gasteiger partial charge in [0.25, 0.3) is 5.91 Å². The van der Waals surface area contributed by atoms with E-state index in [0.29, 0.717) is 12.1 Å². The molecule has 0 aliphatic carbocycles. The van der Waals surface area contributed by atoms with Gasteiger partial charge >= 0.3 is 5.97 Å². The molecule has 0 saturated heterocycles. The van der Waals surface area contributed by atoms with Gasteiger partial charge in [0.15, 0.2) is 0 Å². The van der Waals surface area contributed by atoms with Crippen LogP contribution in [0.3, 0.4) is 0 Å². The number of carbonyl (C=O) groups is 2. The second-order valence-corrected chi connectivity index (χ2v) is 8.33. The van der Waals surface area contributed by atoms with Crippen LogP contribution < -0.4 is 5.32 Å². The van der Waals surface area contributed by atoms with Crippen molar-refractivity contribution in [3.63, 3.8) is 0 Å². The summed E-state index contributed by atoms with van der Waals surface area (Å²) in [7, 11) is 0. The van der Waals surface area contributed by atoms with Crippen molar-refractivity contribution in [2.75, 3.05) is 0 Å². The number of hydrogen-bond acceptors (Lipinski definition) is 3. The first-order valence-corrected chi connectivity index (χ1v) is 10.6. The van der Waals surface area contributed by atoms with Crippen molar-refractivity contribution in [3.05, 3.63) is 94.0 Å². The molecule has 0 saturated carbocycles. The van der Waals surface area contributed by atoms with Gasteiger partial charge in [-0.2, -0.15) is 0 Å². The van der Waals surface area contributed by atoms with Crippen molar-refractivity contribution in [1.82, 2.24) is 9.88 Å². The number of fused-ring (bicyclic) bond motifs is 1. The maximum Gasteiger partial charge on any atom is 0.335 e. The highest BCUT2D eigenvalue weighted by atomic mass is 32.1. The lowest BCUT2D eigenvalue weighted by atomic mass is 10.1. The summed E-state index contributed by atoms with van der Waals surface area (Å²) in [4.78, 5) is 24.0. The molecule has 152 valence electrons. The van der Waals surface area contributed by atoms with E-state index >= 15 is 0 Å². The number of aryl methyl sites for hydroxylation is 1. The summed E-state index contributed by atoms with van der Waals surface area (Å²) in [6.45, 7) is 4.66. The number of carboxylic acids is 1. The zero-order valence-electron chi connectivity index (χ0n) is 16.8. The van der Waals surface area contributed by atoms with Gasteiger partial charge in [0, 0.05) is 18.1 Å². The Morgan fingerprint density at radius 1 is 1.07 bits per heavy atom. The molecule has 1 unspecified atom stereocenters. The minimum Gasteiger partial charge on any atom is -0.478 e. The molecule has 2 N–H and O–H groups in total. The lowest BCUT2D eigenvalue weighted by Gasteiger charge is -2.15. The van der Waals surface area contributed by atoms with Crippen LogP contribution in [0.5, 0.6) is 0 Å². The van der Waals surface area contributed by atoms with E-state index in [1.165, 1.54) is 11.1 Å². The summed E-state index contributed by atoms with van der Waals surface area (Å²) < 4.78 is 3.18. The van der Waals surface area contributed by atoms with Crippen molar-refractivity contribution in [2.45, 2.75) is 26.4 Å². The fourth-order valence-corrected chi connectivity index (χ4v) is 4.41. The molecule has 4 aromatic rings. The van der Waals surface area contributed by atoms with E-state index in [1.807, 2.05) is 24.6 Å². The highest BCUT2D eigenvalue weighted by molar-refractivity contribution is 7.17. The molecule has 2 heterocycles. The average molecular weight is 419 g/mol. The number of benzene rings is 2. The molecule has 5 nitrogen and oxygen atoms in total. The summed E-state index contributed by atoms with van der Waals surface area (Å²) >= 11 is 1.56. The summed E-state index contributed by atoms with van der Waals surface area (Å²) in [6.07, 6.45) is 2.02. The van der Waals surface area contributed by atoms with Crippen LogP contribution in [0.2, 0.25) is 0 Å². The third-order valence-electron chi connectivity index (χ3n) is 5.21. The monoisotopic (exact) mass is 418 g/mol. The Morgan fingerprint density at radius 2 is 1.77 bits per heavy atom. The Bertz CT molecular complexity index is 1200. The van der Waals surface area contributed by atoms with E-state index in [4.69, 9.17) is 5.11 Å². The molecule has 1 amide bonds. The summed E-state index contributed by atoms with van der Waals surface area (Å²) in [5, 5.41) is 14.0. The maximum atomic E-state index is 13.0. The molecule has 0 spiro atoms. The van der Waals surface area contributed by atoms with E-state index in [0.717, 1.165) is 15.8 Å². The average Bonchev–Trinajstić information content (AvgIpc) is 3.32. The Morgan fingerprint density at radius 3 is 2.43 bits per heavy atom.